The van der Waals surface area contributed by atoms with E-state index in [9.17, 15) is 4.79 Å². The molecule has 7 heteroatoms. The number of amides is 1. The van der Waals surface area contributed by atoms with Gasteiger partial charge in [-0.25, -0.2) is 14.6 Å². The van der Waals surface area contributed by atoms with Gasteiger partial charge >= 0.3 is 0 Å². The van der Waals surface area contributed by atoms with E-state index in [4.69, 9.17) is 9.84 Å². The average Bonchev–Trinajstić information content (AvgIpc) is 3.36. The molecule has 1 atom stereocenters. The van der Waals surface area contributed by atoms with Crippen LogP contribution in [0.15, 0.2) is 79.8 Å². The first-order valence-corrected chi connectivity index (χ1v) is 11.4. The van der Waals surface area contributed by atoms with Crippen LogP contribution in [-0.2, 0) is 11.3 Å². The Morgan fingerprint density at radius 3 is 2.62 bits per heavy atom. The van der Waals surface area contributed by atoms with E-state index in [1.54, 1.807) is 6.20 Å². The molecule has 1 saturated heterocycles. The van der Waals surface area contributed by atoms with Gasteiger partial charge in [0.05, 0.1) is 18.0 Å². The van der Waals surface area contributed by atoms with Crippen LogP contribution in [0.2, 0.25) is 0 Å². The Bertz CT molecular complexity index is 1330. The smallest absolute Gasteiger partial charge is 0.246 e. The second-order valence-electron chi connectivity index (χ2n) is 9.42. The molecule has 0 saturated carbocycles. The molecule has 2 aromatic carbocycles. The van der Waals surface area contributed by atoms with Crippen LogP contribution in [0, 0.1) is 5.41 Å². The van der Waals surface area contributed by atoms with E-state index in [1.165, 1.54) is 12.4 Å². The summed E-state index contributed by atoms with van der Waals surface area (Å²) in [4.78, 5) is 23.1. The molecule has 1 aliphatic heterocycles. The fourth-order valence-electron chi connectivity index (χ4n) is 4.70. The van der Waals surface area contributed by atoms with Crippen LogP contribution < -0.4 is 4.74 Å². The lowest BCUT2D eigenvalue weighted by Crippen LogP contribution is -2.37. The molecule has 3 heterocycles. The summed E-state index contributed by atoms with van der Waals surface area (Å²) < 4.78 is 7.82. The van der Waals surface area contributed by atoms with Gasteiger partial charge < -0.3 is 9.64 Å². The highest BCUT2D eigenvalue weighted by Gasteiger charge is 2.39. The number of fused-ring (bicyclic) bond motifs is 1. The summed E-state index contributed by atoms with van der Waals surface area (Å²) in [6, 6.07) is 17.5. The zero-order valence-electron chi connectivity index (χ0n) is 19.4. The van der Waals surface area contributed by atoms with Gasteiger partial charge in [0.1, 0.15) is 23.5 Å². The predicted octanol–water partition coefficient (Wildman–Crippen LogP) is 5.10. The lowest BCUT2D eigenvalue weighted by Gasteiger charge is -2.23. The number of nitrogens with zero attached hydrogens (tertiary/aromatic N) is 5. The lowest BCUT2D eigenvalue weighted by molar-refractivity contribution is -0.127. The van der Waals surface area contributed by atoms with E-state index in [2.05, 4.69) is 30.4 Å². The molecular formula is C27H27N5O2. The Balaban J connectivity index is 1.45. The molecule has 7 nitrogen and oxygen atoms in total. The maximum atomic E-state index is 12.5. The number of hydrogen-bond donors (Lipinski definition) is 0. The topological polar surface area (TPSA) is 73.1 Å². The number of carbonyl (C=O) groups is 1. The van der Waals surface area contributed by atoms with Crippen LogP contribution >= 0.6 is 0 Å². The number of rotatable bonds is 6. The van der Waals surface area contributed by atoms with Gasteiger partial charge in [-0.05, 0) is 54.3 Å². The second-order valence-corrected chi connectivity index (χ2v) is 9.42. The summed E-state index contributed by atoms with van der Waals surface area (Å²) in [6.45, 7) is 9.31. The minimum atomic E-state index is -0.0455. The van der Waals surface area contributed by atoms with Gasteiger partial charge in [0, 0.05) is 18.3 Å². The molecule has 4 aromatic rings. The summed E-state index contributed by atoms with van der Waals surface area (Å²) >= 11 is 0. The summed E-state index contributed by atoms with van der Waals surface area (Å²) in [7, 11) is 0. The highest BCUT2D eigenvalue weighted by atomic mass is 16.5. The molecule has 0 unspecified atom stereocenters. The van der Waals surface area contributed by atoms with Crippen molar-refractivity contribution in [3.05, 3.63) is 79.8 Å². The number of benzene rings is 2. The lowest BCUT2D eigenvalue weighted by atomic mass is 9.91. The van der Waals surface area contributed by atoms with Gasteiger partial charge in [-0.2, -0.15) is 5.10 Å². The van der Waals surface area contributed by atoms with Crippen LogP contribution in [0.25, 0.3) is 22.3 Å². The fourth-order valence-corrected chi connectivity index (χ4v) is 4.70. The summed E-state index contributed by atoms with van der Waals surface area (Å²) in [5.74, 6) is 1.49. The molecule has 5 rings (SSSR count). The minimum absolute atomic E-state index is 0.0214. The van der Waals surface area contributed by atoms with Crippen molar-refractivity contribution in [1.29, 1.82) is 0 Å². The predicted molar refractivity (Wildman–Crippen MR) is 131 cm³/mol. The standard InChI is InChI=1S/C27H27N5O2/c1-4-24(33)31-17-27(2,3)14-20(31)16-32-26-23(15-28-18-29-26)25(30-32)19-10-12-22(13-11-19)34-21-8-6-5-7-9-21/h4-13,15,18,20H,1,14,16-17H2,2-3H3/t20-/m1/s1. The van der Waals surface area contributed by atoms with Crippen LogP contribution in [0.5, 0.6) is 11.5 Å². The van der Waals surface area contributed by atoms with Crippen molar-refractivity contribution >= 4 is 16.9 Å². The first-order valence-electron chi connectivity index (χ1n) is 11.4. The third-order valence-electron chi connectivity index (χ3n) is 6.19. The quantitative estimate of drug-likeness (QED) is 0.380. The van der Waals surface area contributed by atoms with Crippen LogP contribution in [-0.4, -0.2) is 43.1 Å². The zero-order valence-corrected chi connectivity index (χ0v) is 19.4. The maximum absolute atomic E-state index is 12.5. The van der Waals surface area contributed by atoms with E-state index in [0.717, 1.165) is 40.2 Å². The summed E-state index contributed by atoms with van der Waals surface area (Å²) in [5, 5.41) is 5.79. The molecule has 0 aliphatic carbocycles. The average molecular weight is 454 g/mol. The number of para-hydroxylation sites is 1. The Labute approximate surface area is 198 Å². The van der Waals surface area contributed by atoms with Crippen LogP contribution in [0.3, 0.4) is 0 Å². The number of ether oxygens (including phenoxy) is 1. The Morgan fingerprint density at radius 2 is 1.88 bits per heavy atom. The van der Waals surface area contributed by atoms with Gasteiger partial charge in [-0.15, -0.1) is 0 Å². The molecule has 172 valence electrons. The monoisotopic (exact) mass is 453 g/mol. The zero-order chi connectivity index (χ0) is 23.7. The SMILES string of the molecule is C=CC(=O)N1CC(C)(C)C[C@@H]1Cn1nc(-c2ccc(Oc3ccccc3)cc2)c2cncnc21. The fraction of sp³-hybridized carbons (Fsp3) is 0.259. The van der Waals surface area contributed by atoms with Crippen molar-refractivity contribution in [1.82, 2.24) is 24.6 Å². The molecule has 0 N–H and O–H groups in total. The third-order valence-corrected chi connectivity index (χ3v) is 6.19. The van der Waals surface area contributed by atoms with Gasteiger partial charge in [0.25, 0.3) is 0 Å². The number of carbonyl (C=O) groups excluding carboxylic acids is 1. The largest absolute Gasteiger partial charge is 0.457 e. The highest BCUT2D eigenvalue weighted by Crippen LogP contribution is 2.36. The minimum Gasteiger partial charge on any atom is -0.457 e. The molecule has 0 radical (unpaired) electrons. The van der Waals surface area contributed by atoms with Gasteiger partial charge in [0.15, 0.2) is 5.65 Å². The highest BCUT2D eigenvalue weighted by molar-refractivity contribution is 5.90. The molecule has 0 bridgehead atoms. The van der Waals surface area contributed by atoms with E-state index in [-0.39, 0.29) is 17.4 Å². The first-order chi connectivity index (χ1) is 16.4. The van der Waals surface area contributed by atoms with E-state index in [1.807, 2.05) is 64.2 Å². The van der Waals surface area contributed by atoms with Crippen LogP contribution in [0.4, 0.5) is 0 Å². The summed E-state index contributed by atoms with van der Waals surface area (Å²) in [5.41, 5.74) is 2.55. The van der Waals surface area contributed by atoms with Gasteiger partial charge in [0.2, 0.25) is 5.91 Å². The number of likely N-dealkylation sites (tertiary alicyclic amines) is 1. The molecule has 2 aromatic heterocycles. The second kappa shape index (κ2) is 8.74. The van der Waals surface area contributed by atoms with E-state index >= 15 is 0 Å². The molecule has 34 heavy (non-hydrogen) atoms. The normalized spacial score (nSPS) is 17.1. The molecule has 0 spiro atoms. The van der Waals surface area contributed by atoms with Crippen molar-refractivity contribution in [2.45, 2.75) is 32.9 Å². The van der Waals surface area contributed by atoms with Gasteiger partial charge in [-0.1, -0.05) is 38.6 Å². The first kappa shape index (κ1) is 21.8. The molecule has 1 aliphatic rings. The Kier molecular flexibility index (Phi) is 5.61. The van der Waals surface area contributed by atoms with E-state index in [0.29, 0.717) is 13.1 Å². The number of hydrogen-bond acceptors (Lipinski definition) is 5. The Morgan fingerprint density at radius 1 is 1.15 bits per heavy atom. The summed E-state index contributed by atoms with van der Waals surface area (Å²) in [6.07, 6.45) is 5.61. The van der Waals surface area contributed by atoms with Crippen molar-refractivity contribution in [3.8, 4) is 22.8 Å². The molecular weight excluding hydrogens is 426 g/mol. The van der Waals surface area contributed by atoms with Crippen molar-refractivity contribution < 1.29 is 9.53 Å². The third kappa shape index (κ3) is 4.29. The van der Waals surface area contributed by atoms with Gasteiger partial charge in [-0.3, -0.25) is 4.79 Å². The molecule has 1 fully saturated rings. The van der Waals surface area contributed by atoms with E-state index < -0.39 is 0 Å². The maximum Gasteiger partial charge on any atom is 0.246 e. The van der Waals surface area contributed by atoms with Crippen LogP contribution in [0.1, 0.15) is 20.3 Å². The Hall–Kier alpha value is -4.00. The number of aromatic nitrogens is 4. The molecule has 1 amide bonds. The van der Waals surface area contributed by atoms with Crippen molar-refractivity contribution in [3.63, 3.8) is 0 Å². The van der Waals surface area contributed by atoms with Crippen molar-refractivity contribution in [2.24, 2.45) is 5.41 Å². The van der Waals surface area contributed by atoms with Crippen molar-refractivity contribution in [2.75, 3.05) is 6.54 Å².